The fraction of sp³-hybridized carbons (Fsp3) is 1.00. The van der Waals surface area contributed by atoms with Gasteiger partial charge in [0.1, 0.15) is 0 Å². The lowest BCUT2D eigenvalue weighted by molar-refractivity contribution is 0.153. The van der Waals surface area contributed by atoms with Crippen molar-refractivity contribution in [1.29, 1.82) is 0 Å². The van der Waals surface area contributed by atoms with Gasteiger partial charge < -0.3 is 0 Å². The Morgan fingerprint density at radius 1 is 0.923 bits per heavy atom. The van der Waals surface area contributed by atoms with Gasteiger partial charge in [0, 0.05) is 0 Å². The highest BCUT2D eigenvalue weighted by molar-refractivity contribution is 4.88. The van der Waals surface area contributed by atoms with E-state index in [9.17, 15) is 0 Å². The zero-order chi connectivity index (χ0) is 9.73. The quantitative estimate of drug-likeness (QED) is 0.505. The molecule has 1 unspecified atom stereocenters. The van der Waals surface area contributed by atoms with Crippen LogP contribution in [-0.4, -0.2) is 0 Å². The number of hydrogen-bond acceptors (Lipinski definition) is 0. The Kier molecular flexibility index (Phi) is 4.28. The predicted molar refractivity (Wildman–Crippen MR) is 59.9 cm³/mol. The van der Waals surface area contributed by atoms with Gasteiger partial charge in [0.2, 0.25) is 0 Å². The molecular weight excluding hydrogens is 156 g/mol. The smallest absolute Gasteiger partial charge is 0.0295 e. The summed E-state index contributed by atoms with van der Waals surface area (Å²) in [6.07, 6.45) is 12.3. The standard InChI is InChI=1S/C11H20.C2H6/c1-10-5-4-8-11(9-10)6-2-3-7-11;1-2/h10H,2-9H2,1H3;1-2H3. The van der Waals surface area contributed by atoms with Crippen LogP contribution in [0.3, 0.4) is 0 Å². The summed E-state index contributed by atoms with van der Waals surface area (Å²) in [6.45, 7) is 6.44. The molecule has 0 N–H and O–H groups in total. The normalized spacial score (nSPS) is 31.2. The van der Waals surface area contributed by atoms with Gasteiger partial charge in [0.25, 0.3) is 0 Å². The van der Waals surface area contributed by atoms with E-state index in [4.69, 9.17) is 0 Å². The van der Waals surface area contributed by atoms with Gasteiger partial charge >= 0.3 is 0 Å². The van der Waals surface area contributed by atoms with E-state index >= 15 is 0 Å². The van der Waals surface area contributed by atoms with Gasteiger partial charge in [-0.3, -0.25) is 0 Å². The van der Waals surface area contributed by atoms with Crippen molar-refractivity contribution in [2.24, 2.45) is 11.3 Å². The molecule has 0 saturated heterocycles. The summed E-state index contributed by atoms with van der Waals surface area (Å²) in [4.78, 5) is 0. The second-order valence-corrected chi connectivity index (χ2v) is 4.91. The van der Waals surface area contributed by atoms with Crippen LogP contribution < -0.4 is 0 Å². The first-order valence-corrected chi connectivity index (χ1v) is 6.31. The van der Waals surface area contributed by atoms with E-state index in [1.54, 1.807) is 25.7 Å². The van der Waals surface area contributed by atoms with Gasteiger partial charge in [-0.25, -0.2) is 0 Å². The van der Waals surface area contributed by atoms with Crippen LogP contribution in [0.4, 0.5) is 0 Å². The third kappa shape index (κ3) is 2.72. The second-order valence-electron chi connectivity index (χ2n) is 4.91. The van der Waals surface area contributed by atoms with Gasteiger partial charge in [0.05, 0.1) is 0 Å². The Labute approximate surface area is 84.1 Å². The first-order valence-electron chi connectivity index (χ1n) is 6.31. The SMILES string of the molecule is CC.CC1CCCC2(CCCC2)C1. The Morgan fingerprint density at radius 2 is 1.46 bits per heavy atom. The van der Waals surface area contributed by atoms with E-state index in [0.29, 0.717) is 0 Å². The monoisotopic (exact) mass is 182 g/mol. The minimum Gasteiger partial charge on any atom is -0.0683 e. The molecule has 0 amide bonds. The molecule has 0 heterocycles. The summed E-state index contributed by atoms with van der Waals surface area (Å²) < 4.78 is 0. The van der Waals surface area contributed by atoms with Crippen molar-refractivity contribution < 1.29 is 0 Å². The Morgan fingerprint density at radius 3 is 2.00 bits per heavy atom. The highest BCUT2D eigenvalue weighted by atomic mass is 14.4. The molecule has 0 aromatic heterocycles. The highest BCUT2D eigenvalue weighted by Crippen LogP contribution is 2.50. The van der Waals surface area contributed by atoms with Gasteiger partial charge in [-0.05, 0) is 37.0 Å². The molecule has 78 valence electrons. The molecule has 0 aromatic carbocycles. The maximum absolute atomic E-state index is 2.44. The molecule has 0 bridgehead atoms. The molecule has 0 nitrogen and oxygen atoms in total. The maximum atomic E-state index is 2.44. The van der Waals surface area contributed by atoms with Crippen LogP contribution in [0.25, 0.3) is 0 Å². The van der Waals surface area contributed by atoms with E-state index in [1.165, 1.54) is 25.7 Å². The van der Waals surface area contributed by atoms with Crippen molar-refractivity contribution in [1.82, 2.24) is 0 Å². The third-order valence-corrected chi connectivity index (χ3v) is 3.85. The van der Waals surface area contributed by atoms with Crippen LogP contribution in [0.1, 0.15) is 72.1 Å². The molecule has 1 atom stereocenters. The van der Waals surface area contributed by atoms with E-state index in [0.717, 1.165) is 11.3 Å². The molecule has 2 saturated carbocycles. The summed E-state index contributed by atoms with van der Waals surface area (Å²) in [5, 5.41) is 0. The van der Waals surface area contributed by atoms with Crippen molar-refractivity contribution in [3.63, 3.8) is 0 Å². The number of rotatable bonds is 0. The molecule has 1 spiro atoms. The summed E-state index contributed by atoms with van der Waals surface area (Å²) >= 11 is 0. The fourth-order valence-electron chi connectivity index (χ4n) is 3.35. The topological polar surface area (TPSA) is 0 Å². The fourth-order valence-corrected chi connectivity index (χ4v) is 3.35. The van der Waals surface area contributed by atoms with Crippen LogP contribution in [-0.2, 0) is 0 Å². The zero-order valence-electron chi connectivity index (χ0n) is 9.73. The van der Waals surface area contributed by atoms with Crippen molar-refractivity contribution in [3.05, 3.63) is 0 Å². The molecule has 2 aliphatic rings. The van der Waals surface area contributed by atoms with Crippen LogP contribution in [0.5, 0.6) is 0 Å². The van der Waals surface area contributed by atoms with Crippen LogP contribution in [0.15, 0.2) is 0 Å². The van der Waals surface area contributed by atoms with Crippen molar-refractivity contribution >= 4 is 0 Å². The Balaban J connectivity index is 0.000000396. The van der Waals surface area contributed by atoms with E-state index in [-0.39, 0.29) is 0 Å². The molecule has 0 radical (unpaired) electrons. The second kappa shape index (κ2) is 5.02. The summed E-state index contributed by atoms with van der Waals surface area (Å²) in [5.41, 5.74) is 0.845. The molecule has 0 aromatic rings. The summed E-state index contributed by atoms with van der Waals surface area (Å²) in [7, 11) is 0. The van der Waals surface area contributed by atoms with Crippen molar-refractivity contribution in [2.75, 3.05) is 0 Å². The third-order valence-electron chi connectivity index (χ3n) is 3.85. The average Bonchev–Trinajstić information content (AvgIpc) is 2.56. The first kappa shape index (κ1) is 11.1. The maximum Gasteiger partial charge on any atom is -0.0295 e. The lowest BCUT2D eigenvalue weighted by Gasteiger charge is -2.36. The van der Waals surface area contributed by atoms with E-state index in [1.807, 2.05) is 13.8 Å². The van der Waals surface area contributed by atoms with E-state index in [2.05, 4.69) is 6.92 Å². The largest absolute Gasteiger partial charge is 0.0683 e. The van der Waals surface area contributed by atoms with Gasteiger partial charge in [-0.2, -0.15) is 0 Å². The van der Waals surface area contributed by atoms with Crippen molar-refractivity contribution in [3.8, 4) is 0 Å². The molecule has 2 rings (SSSR count). The lowest BCUT2D eigenvalue weighted by atomic mass is 9.69. The molecule has 2 fully saturated rings. The molecule has 0 aliphatic heterocycles. The van der Waals surface area contributed by atoms with Crippen LogP contribution >= 0.6 is 0 Å². The Hall–Kier alpha value is 0. The van der Waals surface area contributed by atoms with Gasteiger partial charge in [0.15, 0.2) is 0 Å². The number of hydrogen-bond donors (Lipinski definition) is 0. The first-order chi connectivity index (χ1) is 6.31. The van der Waals surface area contributed by atoms with Crippen LogP contribution in [0.2, 0.25) is 0 Å². The molecule has 13 heavy (non-hydrogen) atoms. The van der Waals surface area contributed by atoms with Crippen molar-refractivity contribution in [2.45, 2.75) is 72.1 Å². The van der Waals surface area contributed by atoms with Gasteiger partial charge in [-0.1, -0.05) is 46.5 Å². The highest BCUT2D eigenvalue weighted by Gasteiger charge is 2.36. The molecular formula is C13H26. The zero-order valence-corrected chi connectivity index (χ0v) is 9.73. The summed E-state index contributed by atoms with van der Waals surface area (Å²) in [5.74, 6) is 1.03. The predicted octanol–water partition coefficient (Wildman–Crippen LogP) is 4.78. The van der Waals surface area contributed by atoms with E-state index < -0.39 is 0 Å². The summed E-state index contributed by atoms with van der Waals surface area (Å²) in [6, 6.07) is 0. The average molecular weight is 182 g/mol. The molecule has 2 aliphatic carbocycles. The minimum atomic E-state index is 0.845. The van der Waals surface area contributed by atoms with Gasteiger partial charge in [-0.15, -0.1) is 0 Å². The Bertz CT molecular complexity index is 131. The van der Waals surface area contributed by atoms with Crippen LogP contribution in [0, 0.1) is 11.3 Å². The molecule has 0 heteroatoms. The lowest BCUT2D eigenvalue weighted by Crippen LogP contribution is -2.24. The minimum absolute atomic E-state index is 0.845.